The van der Waals surface area contributed by atoms with E-state index in [9.17, 15) is 8.42 Å². The molecule has 0 saturated carbocycles. The fourth-order valence-corrected chi connectivity index (χ4v) is 4.15. The van der Waals surface area contributed by atoms with E-state index in [-0.39, 0.29) is 4.90 Å². The number of hydrogen-bond donors (Lipinski definition) is 2. The van der Waals surface area contributed by atoms with Gasteiger partial charge in [0.25, 0.3) is 6.01 Å². The Hall–Kier alpha value is -3.36. The number of hydrogen-bond acceptors (Lipinski definition) is 6. The molecule has 0 spiro atoms. The Morgan fingerprint density at radius 2 is 1.83 bits per heavy atom. The first-order valence-corrected chi connectivity index (χ1v) is 10.8. The minimum absolute atomic E-state index is 0.103. The maximum absolute atomic E-state index is 11.7. The third kappa shape index (κ3) is 3.74. The maximum atomic E-state index is 11.7. The van der Waals surface area contributed by atoms with Gasteiger partial charge in [0.2, 0.25) is 10.0 Å². The van der Waals surface area contributed by atoms with Gasteiger partial charge in [-0.1, -0.05) is 24.3 Å². The molecule has 0 atom stereocenters. The van der Waals surface area contributed by atoms with Crippen molar-refractivity contribution in [1.29, 1.82) is 0 Å². The zero-order valence-corrected chi connectivity index (χ0v) is 17.6. The number of primary sulfonamides is 1. The number of sulfonamides is 1. The van der Waals surface area contributed by atoms with Gasteiger partial charge in [0.05, 0.1) is 12.0 Å². The number of aromatic nitrogens is 1. The van der Waals surface area contributed by atoms with Gasteiger partial charge < -0.3 is 14.5 Å². The fourth-order valence-electron chi connectivity index (χ4n) is 3.39. The lowest BCUT2D eigenvalue weighted by atomic mass is 10.0. The molecule has 8 heteroatoms. The second kappa shape index (κ2) is 7.47. The molecule has 0 aliphatic carbocycles. The average molecular weight is 423 g/mol. The lowest BCUT2D eigenvalue weighted by molar-refractivity contribution is 0.412. The van der Waals surface area contributed by atoms with Crippen LogP contribution in [0.1, 0.15) is 11.1 Å². The first-order valence-electron chi connectivity index (χ1n) is 9.21. The molecular formula is C22H21N3O4S. The largest absolute Gasteiger partial charge is 0.496 e. The van der Waals surface area contributed by atoms with Crippen molar-refractivity contribution in [3.63, 3.8) is 0 Å². The van der Waals surface area contributed by atoms with Crippen molar-refractivity contribution in [2.75, 3.05) is 12.4 Å². The van der Waals surface area contributed by atoms with Crippen LogP contribution in [0.25, 0.3) is 22.2 Å². The first-order chi connectivity index (χ1) is 14.3. The Morgan fingerprint density at radius 3 is 2.53 bits per heavy atom. The highest BCUT2D eigenvalue weighted by atomic mass is 32.2. The lowest BCUT2D eigenvalue weighted by Gasteiger charge is -2.08. The van der Waals surface area contributed by atoms with Crippen LogP contribution < -0.4 is 15.2 Å². The third-order valence-corrected chi connectivity index (χ3v) is 5.94. The predicted molar refractivity (Wildman–Crippen MR) is 117 cm³/mol. The van der Waals surface area contributed by atoms with Crippen LogP contribution in [0, 0.1) is 13.8 Å². The monoisotopic (exact) mass is 423 g/mol. The van der Waals surface area contributed by atoms with E-state index in [4.69, 9.17) is 14.3 Å². The number of fused-ring (bicyclic) bond motifs is 1. The summed E-state index contributed by atoms with van der Waals surface area (Å²) in [4.78, 5) is 4.62. The molecule has 30 heavy (non-hydrogen) atoms. The van der Waals surface area contributed by atoms with Crippen LogP contribution in [-0.4, -0.2) is 20.5 Å². The van der Waals surface area contributed by atoms with Crippen LogP contribution in [0.15, 0.2) is 63.9 Å². The molecule has 1 heterocycles. The Bertz CT molecular complexity index is 1360. The minimum atomic E-state index is -3.77. The van der Waals surface area contributed by atoms with Crippen LogP contribution >= 0.6 is 0 Å². The van der Waals surface area contributed by atoms with E-state index in [1.807, 2.05) is 43.3 Å². The fraction of sp³-hybridized carbons (Fsp3) is 0.136. The third-order valence-electron chi connectivity index (χ3n) is 4.87. The number of aryl methyl sites for hydroxylation is 2. The van der Waals surface area contributed by atoms with E-state index in [0.29, 0.717) is 22.7 Å². The van der Waals surface area contributed by atoms with Gasteiger partial charge in [-0.05, 0) is 54.8 Å². The molecule has 0 fully saturated rings. The molecule has 3 aromatic carbocycles. The Kier molecular flexibility index (Phi) is 4.97. The number of nitrogens with one attached hydrogen (secondary N) is 1. The molecule has 4 rings (SSSR count). The summed E-state index contributed by atoms with van der Waals surface area (Å²) < 4.78 is 34.7. The molecule has 0 saturated heterocycles. The highest BCUT2D eigenvalue weighted by molar-refractivity contribution is 7.89. The number of benzene rings is 3. The number of para-hydroxylation sites is 1. The van der Waals surface area contributed by atoms with Gasteiger partial charge in [-0.3, -0.25) is 0 Å². The summed E-state index contributed by atoms with van der Waals surface area (Å²) in [6, 6.07) is 16.7. The quantitative estimate of drug-likeness (QED) is 0.489. The topological polar surface area (TPSA) is 107 Å². The first kappa shape index (κ1) is 19.9. The van der Waals surface area contributed by atoms with Crippen molar-refractivity contribution >= 4 is 32.8 Å². The molecule has 3 N–H and O–H groups in total. The van der Waals surface area contributed by atoms with Crippen LogP contribution in [0.2, 0.25) is 0 Å². The van der Waals surface area contributed by atoms with Crippen molar-refractivity contribution in [1.82, 2.24) is 4.98 Å². The van der Waals surface area contributed by atoms with Crippen molar-refractivity contribution in [3.05, 3.63) is 65.7 Å². The smallest absolute Gasteiger partial charge is 0.300 e. The molecular weight excluding hydrogens is 402 g/mol. The van der Waals surface area contributed by atoms with E-state index in [2.05, 4.69) is 10.3 Å². The zero-order chi connectivity index (χ0) is 21.5. The Labute approximate surface area is 174 Å². The molecule has 0 bridgehead atoms. The van der Waals surface area contributed by atoms with E-state index in [0.717, 1.165) is 28.1 Å². The van der Waals surface area contributed by atoms with Crippen LogP contribution in [-0.2, 0) is 10.0 Å². The molecule has 0 amide bonds. The van der Waals surface area contributed by atoms with Gasteiger partial charge in [-0.25, -0.2) is 13.6 Å². The molecule has 0 aliphatic rings. The summed E-state index contributed by atoms with van der Waals surface area (Å²) in [6.07, 6.45) is 0. The average Bonchev–Trinajstić information content (AvgIpc) is 3.10. The Morgan fingerprint density at radius 1 is 1.03 bits per heavy atom. The van der Waals surface area contributed by atoms with Crippen LogP contribution in [0.3, 0.4) is 0 Å². The normalized spacial score (nSPS) is 11.6. The minimum Gasteiger partial charge on any atom is -0.496 e. The summed E-state index contributed by atoms with van der Waals surface area (Å²) in [7, 11) is -2.14. The van der Waals surface area contributed by atoms with E-state index in [1.54, 1.807) is 26.2 Å². The number of rotatable bonds is 5. The summed E-state index contributed by atoms with van der Waals surface area (Å²) in [5.41, 5.74) is 5.28. The number of methoxy groups -OCH3 is 1. The number of ether oxygens (including phenoxy) is 1. The standard InChI is InChI=1S/C22H21N3O4S/c1-13-7-9-16(12-19(13)28-3)24-22-25-18-6-4-5-17(21(18)29-22)15-8-10-20(14(2)11-15)30(23,26)27/h4-12H,1-3H3,(H,24,25)(H2,23,26,27). The number of nitrogens with two attached hydrogens (primary N) is 1. The molecule has 7 nitrogen and oxygen atoms in total. The number of nitrogens with zero attached hydrogens (tertiary/aromatic N) is 1. The summed E-state index contributed by atoms with van der Waals surface area (Å²) in [5.74, 6) is 0.766. The molecule has 0 radical (unpaired) electrons. The zero-order valence-electron chi connectivity index (χ0n) is 16.8. The second-order valence-corrected chi connectivity index (χ2v) is 8.54. The molecule has 4 aromatic rings. The summed E-state index contributed by atoms with van der Waals surface area (Å²) in [6.45, 7) is 3.68. The highest BCUT2D eigenvalue weighted by Crippen LogP contribution is 2.33. The van der Waals surface area contributed by atoms with E-state index < -0.39 is 10.0 Å². The van der Waals surface area contributed by atoms with Gasteiger partial charge >= 0.3 is 0 Å². The summed E-state index contributed by atoms with van der Waals surface area (Å²) >= 11 is 0. The number of anilines is 2. The van der Waals surface area contributed by atoms with Gasteiger partial charge in [-0.15, -0.1) is 0 Å². The van der Waals surface area contributed by atoms with Gasteiger partial charge in [-0.2, -0.15) is 4.98 Å². The second-order valence-electron chi connectivity index (χ2n) is 7.01. The van der Waals surface area contributed by atoms with Crippen molar-refractivity contribution < 1.29 is 17.6 Å². The van der Waals surface area contributed by atoms with E-state index >= 15 is 0 Å². The number of oxazole rings is 1. The summed E-state index contributed by atoms with van der Waals surface area (Å²) in [5, 5.41) is 8.43. The molecule has 0 aliphatic heterocycles. The van der Waals surface area contributed by atoms with Gasteiger partial charge in [0.15, 0.2) is 5.58 Å². The highest BCUT2D eigenvalue weighted by Gasteiger charge is 2.16. The SMILES string of the molecule is COc1cc(Nc2nc3cccc(-c4ccc(S(N)(=O)=O)c(C)c4)c3o2)ccc1C. The van der Waals surface area contributed by atoms with E-state index in [1.165, 1.54) is 6.07 Å². The van der Waals surface area contributed by atoms with Gasteiger partial charge in [0.1, 0.15) is 11.3 Å². The lowest BCUT2D eigenvalue weighted by Crippen LogP contribution is -2.13. The van der Waals surface area contributed by atoms with Crippen LogP contribution in [0.5, 0.6) is 5.75 Å². The van der Waals surface area contributed by atoms with Crippen molar-refractivity contribution in [2.45, 2.75) is 18.7 Å². The predicted octanol–water partition coefficient (Wildman–Crippen LogP) is 4.51. The Balaban J connectivity index is 1.74. The molecule has 154 valence electrons. The van der Waals surface area contributed by atoms with Crippen molar-refractivity contribution in [3.8, 4) is 16.9 Å². The van der Waals surface area contributed by atoms with Gasteiger partial charge in [0, 0.05) is 17.3 Å². The maximum Gasteiger partial charge on any atom is 0.300 e. The van der Waals surface area contributed by atoms with Crippen LogP contribution in [0.4, 0.5) is 11.7 Å². The van der Waals surface area contributed by atoms with Crippen molar-refractivity contribution in [2.24, 2.45) is 5.14 Å². The molecule has 0 unspecified atom stereocenters. The molecule has 1 aromatic heterocycles.